The maximum Gasteiger partial charge on any atom is 0.0756 e. The van der Waals surface area contributed by atoms with Crippen molar-refractivity contribution in [2.45, 2.75) is 96.8 Å². The van der Waals surface area contributed by atoms with E-state index in [0.717, 1.165) is 12.2 Å². The fourth-order valence-electron chi connectivity index (χ4n) is 2.90. The molecule has 1 N–H and O–H groups in total. The van der Waals surface area contributed by atoms with E-state index in [1.54, 1.807) is 6.20 Å². The third kappa shape index (κ3) is 13.1. The number of aromatic nitrogens is 2. The lowest BCUT2D eigenvalue weighted by Gasteiger charge is -2.02. The zero-order valence-corrected chi connectivity index (χ0v) is 15.2. The van der Waals surface area contributed by atoms with E-state index in [1.807, 2.05) is 12.3 Å². The molecule has 0 spiro atoms. The molecule has 0 aliphatic carbocycles. The zero-order chi connectivity index (χ0) is 16.4. The second-order valence-electron chi connectivity index (χ2n) is 6.64. The fourth-order valence-corrected chi connectivity index (χ4v) is 2.90. The summed E-state index contributed by atoms with van der Waals surface area (Å²) in [6, 6.07) is 1.94. The van der Waals surface area contributed by atoms with Gasteiger partial charge in [-0.05, 0) is 12.5 Å². The molecule has 3 heteroatoms. The van der Waals surface area contributed by atoms with E-state index in [1.165, 1.54) is 89.9 Å². The van der Waals surface area contributed by atoms with Crippen LogP contribution in [0.5, 0.6) is 0 Å². The molecule has 132 valence electrons. The number of unbranched alkanes of at least 4 members (excludes halogenated alkanes) is 13. The monoisotopic (exact) mass is 319 g/mol. The first kappa shape index (κ1) is 19.9. The van der Waals surface area contributed by atoms with Gasteiger partial charge < -0.3 is 0 Å². The molecule has 0 radical (unpaired) electrons. The summed E-state index contributed by atoms with van der Waals surface area (Å²) in [5.74, 6) is 0. The smallest absolute Gasteiger partial charge is 0.0756 e. The summed E-state index contributed by atoms with van der Waals surface area (Å²) < 4.78 is 0. The molecule has 0 aromatic carbocycles. The van der Waals surface area contributed by atoms with Crippen LogP contribution < -0.4 is 0 Å². The molecule has 0 amide bonds. The van der Waals surface area contributed by atoms with Gasteiger partial charge in [-0.25, -0.2) is 0 Å². The highest BCUT2D eigenvalue weighted by atomic mass is 15.1. The summed E-state index contributed by atoms with van der Waals surface area (Å²) in [5, 5.41) is 6.79. The van der Waals surface area contributed by atoms with Gasteiger partial charge in [0.15, 0.2) is 0 Å². The van der Waals surface area contributed by atoms with E-state index in [4.69, 9.17) is 0 Å². The number of nitrogens with zero attached hydrogens (tertiary/aromatic N) is 2. The normalized spacial score (nSPS) is 11.5. The van der Waals surface area contributed by atoms with Crippen LogP contribution in [0.3, 0.4) is 0 Å². The average molecular weight is 320 g/mol. The maximum absolute atomic E-state index is 4.41. The number of aromatic amines is 1. The van der Waals surface area contributed by atoms with Gasteiger partial charge in [-0.15, -0.1) is 0 Å². The predicted molar refractivity (Wildman–Crippen MR) is 101 cm³/mol. The van der Waals surface area contributed by atoms with Crippen LogP contribution in [0.15, 0.2) is 17.3 Å². The topological polar surface area (TPSA) is 41.0 Å². The van der Waals surface area contributed by atoms with Crippen LogP contribution in [-0.2, 0) is 0 Å². The lowest BCUT2D eigenvalue weighted by atomic mass is 10.0. The van der Waals surface area contributed by atoms with Gasteiger partial charge in [0.25, 0.3) is 0 Å². The number of H-pyrrole nitrogens is 1. The first-order valence-corrected chi connectivity index (χ1v) is 9.92. The van der Waals surface area contributed by atoms with Crippen molar-refractivity contribution in [1.82, 2.24) is 10.2 Å². The standard InChI is InChI=1S/C20H37N3/c1-2-3-4-5-6-7-8-9-10-11-12-13-14-15-17-21-19-20-16-18-22-23-20/h16,18-19H,2-15,17H2,1H3,(H,22,23). The van der Waals surface area contributed by atoms with Crippen molar-refractivity contribution in [2.75, 3.05) is 6.54 Å². The van der Waals surface area contributed by atoms with Crippen molar-refractivity contribution in [1.29, 1.82) is 0 Å². The molecule has 1 aromatic rings. The van der Waals surface area contributed by atoms with Gasteiger partial charge in [-0.1, -0.05) is 90.4 Å². The largest absolute Gasteiger partial charge is 0.291 e. The third-order valence-electron chi connectivity index (χ3n) is 4.39. The van der Waals surface area contributed by atoms with E-state index in [2.05, 4.69) is 22.1 Å². The number of hydrogen-bond donors (Lipinski definition) is 1. The van der Waals surface area contributed by atoms with E-state index in [9.17, 15) is 0 Å². The summed E-state index contributed by atoms with van der Waals surface area (Å²) in [7, 11) is 0. The molecule has 3 nitrogen and oxygen atoms in total. The minimum absolute atomic E-state index is 0.942. The van der Waals surface area contributed by atoms with Gasteiger partial charge in [-0.2, -0.15) is 5.10 Å². The molecule has 23 heavy (non-hydrogen) atoms. The van der Waals surface area contributed by atoms with Gasteiger partial charge in [-0.3, -0.25) is 10.1 Å². The highest BCUT2D eigenvalue weighted by Gasteiger charge is 1.94. The average Bonchev–Trinajstić information content (AvgIpc) is 3.08. The van der Waals surface area contributed by atoms with Crippen LogP contribution in [0.1, 0.15) is 103 Å². The molecular formula is C20H37N3. The molecular weight excluding hydrogens is 282 g/mol. The van der Waals surface area contributed by atoms with Crippen molar-refractivity contribution in [3.8, 4) is 0 Å². The third-order valence-corrected chi connectivity index (χ3v) is 4.39. The van der Waals surface area contributed by atoms with Crippen LogP contribution in [0.25, 0.3) is 0 Å². The number of nitrogens with one attached hydrogen (secondary N) is 1. The van der Waals surface area contributed by atoms with Gasteiger partial charge in [0.2, 0.25) is 0 Å². The van der Waals surface area contributed by atoms with Crippen molar-refractivity contribution >= 4 is 6.21 Å². The van der Waals surface area contributed by atoms with E-state index in [-0.39, 0.29) is 0 Å². The van der Waals surface area contributed by atoms with Crippen LogP contribution >= 0.6 is 0 Å². The molecule has 1 heterocycles. The summed E-state index contributed by atoms with van der Waals surface area (Å²) in [6.45, 7) is 3.23. The van der Waals surface area contributed by atoms with Crippen LogP contribution in [0.4, 0.5) is 0 Å². The summed E-state index contributed by atoms with van der Waals surface area (Å²) in [6.07, 6.45) is 23.3. The second-order valence-corrected chi connectivity index (χ2v) is 6.64. The Morgan fingerprint density at radius 1 is 0.826 bits per heavy atom. The molecule has 0 fully saturated rings. The molecule has 0 atom stereocenters. The molecule has 0 bridgehead atoms. The van der Waals surface area contributed by atoms with Crippen LogP contribution in [0.2, 0.25) is 0 Å². The molecule has 0 unspecified atom stereocenters. The molecule has 0 saturated heterocycles. The Kier molecular flexibility index (Phi) is 13.7. The Hall–Kier alpha value is -1.12. The number of rotatable bonds is 16. The Morgan fingerprint density at radius 3 is 1.83 bits per heavy atom. The highest BCUT2D eigenvalue weighted by Crippen LogP contribution is 2.12. The summed E-state index contributed by atoms with van der Waals surface area (Å²) in [4.78, 5) is 4.41. The Balaban J connectivity index is 1.71. The fraction of sp³-hybridized carbons (Fsp3) is 0.800. The van der Waals surface area contributed by atoms with Crippen molar-refractivity contribution in [3.05, 3.63) is 18.0 Å². The lowest BCUT2D eigenvalue weighted by molar-refractivity contribution is 0.536. The van der Waals surface area contributed by atoms with Gasteiger partial charge in [0, 0.05) is 19.0 Å². The van der Waals surface area contributed by atoms with Crippen LogP contribution in [-0.4, -0.2) is 23.0 Å². The number of hydrogen-bond acceptors (Lipinski definition) is 2. The molecule has 0 aliphatic rings. The SMILES string of the molecule is CCCCCCCCCCCCCCCCN=Cc1ccn[nH]1. The quantitative estimate of drug-likeness (QED) is 0.281. The van der Waals surface area contributed by atoms with Crippen molar-refractivity contribution in [2.24, 2.45) is 4.99 Å². The van der Waals surface area contributed by atoms with Gasteiger partial charge in [0.05, 0.1) is 5.69 Å². The Bertz CT molecular complexity index is 357. The predicted octanol–water partition coefficient (Wildman–Crippen LogP) is 6.31. The Labute approximate surface area is 143 Å². The van der Waals surface area contributed by atoms with E-state index >= 15 is 0 Å². The molecule has 1 aromatic heterocycles. The minimum atomic E-state index is 0.942. The Morgan fingerprint density at radius 2 is 1.35 bits per heavy atom. The maximum atomic E-state index is 4.41. The first-order valence-electron chi connectivity index (χ1n) is 9.92. The first-order chi connectivity index (χ1) is 11.4. The highest BCUT2D eigenvalue weighted by molar-refractivity contribution is 5.76. The molecule has 0 saturated carbocycles. The second kappa shape index (κ2) is 15.8. The van der Waals surface area contributed by atoms with E-state index < -0.39 is 0 Å². The lowest BCUT2D eigenvalue weighted by Crippen LogP contribution is -1.87. The minimum Gasteiger partial charge on any atom is -0.291 e. The van der Waals surface area contributed by atoms with Crippen molar-refractivity contribution in [3.63, 3.8) is 0 Å². The zero-order valence-electron chi connectivity index (χ0n) is 15.2. The van der Waals surface area contributed by atoms with E-state index in [0.29, 0.717) is 0 Å². The van der Waals surface area contributed by atoms with Gasteiger partial charge in [0.1, 0.15) is 0 Å². The summed E-state index contributed by atoms with van der Waals surface area (Å²) in [5.41, 5.74) is 0.996. The number of aliphatic imine (C=N–C) groups is 1. The van der Waals surface area contributed by atoms with Crippen molar-refractivity contribution < 1.29 is 0 Å². The summed E-state index contributed by atoms with van der Waals surface area (Å²) >= 11 is 0. The molecule has 0 aliphatic heterocycles. The van der Waals surface area contributed by atoms with Gasteiger partial charge >= 0.3 is 0 Å². The van der Waals surface area contributed by atoms with Crippen LogP contribution in [0, 0.1) is 0 Å². The molecule has 1 rings (SSSR count).